The molecule has 2 aromatic rings. The number of hydrogen-bond donors (Lipinski definition) is 1. The van der Waals surface area contributed by atoms with Gasteiger partial charge in [-0.05, 0) is 36.0 Å². The molecule has 21 heavy (non-hydrogen) atoms. The van der Waals surface area contributed by atoms with E-state index in [2.05, 4.69) is 18.8 Å². The molecule has 5 heteroatoms. The van der Waals surface area contributed by atoms with Crippen LogP contribution in [0.15, 0.2) is 18.2 Å². The van der Waals surface area contributed by atoms with Gasteiger partial charge in [0.1, 0.15) is 11.6 Å². The predicted octanol–water partition coefficient (Wildman–Crippen LogP) is 3.98. The number of halogens is 2. The van der Waals surface area contributed by atoms with Gasteiger partial charge in [0.2, 0.25) is 0 Å². The number of rotatable bonds is 2. The zero-order valence-electron chi connectivity index (χ0n) is 12.1. The van der Waals surface area contributed by atoms with Crippen molar-refractivity contribution in [3.8, 4) is 0 Å². The molecule has 1 aromatic heterocycles. The molecule has 0 aliphatic heterocycles. The van der Waals surface area contributed by atoms with Gasteiger partial charge in [0.05, 0.1) is 10.7 Å². The Morgan fingerprint density at radius 3 is 2.62 bits per heavy atom. The summed E-state index contributed by atoms with van der Waals surface area (Å²) in [6.45, 7) is 4.38. The van der Waals surface area contributed by atoms with Gasteiger partial charge in [0.25, 0.3) is 0 Å². The van der Waals surface area contributed by atoms with E-state index in [9.17, 15) is 8.78 Å². The van der Waals surface area contributed by atoms with Gasteiger partial charge in [0.15, 0.2) is 0 Å². The molecular weight excluding hydrogens is 290 g/mol. The van der Waals surface area contributed by atoms with Crippen molar-refractivity contribution in [2.45, 2.75) is 39.2 Å². The van der Waals surface area contributed by atoms with E-state index in [1.165, 1.54) is 12.1 Å². The molecule has 2 N–H and O–H groups in total. The van der Waals surface area contributed by atoms with Crippen molar-refractivity contribution in [2.24, 2.45) is 11.1 Å². The molecular formula is C16H18F2N2S. The molecule has 1 atom stereocenters. The van der Waals surface area contributed by atoms with Crippen molar-refractivity contribution in [1.82, 2.24) is 4.98 Å². The lowest BCUT2D eigenvalue weighted by Gasteiger charge is -2.32. The van der Waals surface area contributed by atoms with Crippen molar-refractivity contribution < 1.29 is 8.78 Å². The van der Waals surface area contributed by atoms with Gasteiger partial charge in [0, 0.05) is 23.4 Å². The Hall–Kier alpha value is -1.33. The Morgan fingerprint density at radius 1 is 1.29 bits per heavy atom. The second-order valence-electron chi connectivity index (χ2n) is 6.52. The number of thiazole rings is 1. The van der Waals surface area contributed by atoms with Crippen molar-refractivity contribution in [1.29, 1.82) is 0 Å². The maximum Gasteiger partial charge on any atom is 0.126 e. The summed E-state index contributed by atoms with van der Waals surface area (Å²) in [7, 11) is 0. The van der Waals surface area contributed by atoms with Crippen LogP contribution in [0.1, 0.15) is 47.5 Å². The lowest BCUT2D eigenvalue weighted by atomic mass is 9.77. The molecule has 1 unspecified atom stereocenters. The first-order valence-corrected chi connectivity index (χ1v) is 7.83. The number of aromatic nitrogens is 1. The zero-order valence-corrected chi connectivity index (χ0v) is 12.9. The third kappa shape index (κ3) is 3.14. The summed E-state index contributed by atoms with van der Waals surface area (Å²) in [6, 6.07) is 3.61. The van der Waals surface area contributed by atoms with E-state index >= 15 is 0 Å². The molecule has 0 spiro atoms. The Labute approximate surface area is 127 Å². The molecule has 0 fully saturated rings. The van der Waals surface area contributed by atoms with Crippen LogP contribution in [0.5, 0.6) is 0 Å². The van der Waals surface area contributed by atoms with Gasteiger partial charge in [-0.25, -0.2) is 13.8 Å². The van der Waals surface area contributed by atoms with Crippen molar-refractivity contribution in [3.63, 3.8) is 0 Å². The van der Waals surface area contributed by atoms with E-state index in [0.717, 1.165) is 34.5 Å². The van der Waals surface area contributed by atoms with Crippen LogP contribution >= 0.6 is 11.3 Å². The van der Waals surface area contributed by atoms with Crippen LogP contribution in [0.3, 0.4) is 0 Å². The van der Waals surface area contributed by atoms with E-state index in [-0.39, 0.29) is 11.5 Å². The maximum absolute atomic E-state index is 13.2. The minimum atomic E-state index is -0.552. The van der Waals surface area contributed by atoms with E-state index < -0.39 is 11.6 Å². The summed E-state index contributed by atoms with van der Waals surface area (Å²) in [4.78, 5) is 5.77. The highest BCUT2D eigenvalue weighted by Crippen LogP contribution is 2.42. The number of benzene rings is 1. The fraction of sp³-hybridized carbons (Fsp3) is 0.438. The largest absolute Gasteiger partial charge is 0.323 e. The van der Waals surface area contributed by atoms with E-state index in [4.69, 9.17) is 5.73 Å². The third-order valence-electron chi connectivity index (χ3n) is 3.80. The van der Waals surface area contributed by atoms with Gasteiger partial charge in [-0.15, -0.1) is 11.3 Å². The Kier molecular flexibility index (Phi) is 3.58. The van der Waals surface area contributed by atoms with Crippen LogP contribution < -0.4 is 5.73 Å². The molecule has 1 aromatic carbocycles. The molecule has 2 nitrogen and oxygen atoms in total. The molecule has 0 radical (unpaired) electrons. The van der Waals surface area contributed by atoms with Crippen LogP contribution in [0.2, 0.25) is 0 Å². The first-order valence-electron chi connectivity index (χ1n) is 7.01. The molecule has 1 aliphatic rings. The summed E-state index contributed by atoms with van der Waals surface area (Å²) >= 11 is 1.57. The highest BCUT2D eigenvalue weighted by atomic mass is 32.1. The minimum Gasteiger partial charge on any atom is -0.323 e. The third-order valence-corrected chi connectivity index (χ3v) is 5.03. The van der Waals surface area contributed by atoms with E-state index in [1.807, 2.05) is 0 Å². The SMILES string of the molecule is CC1(C)Cc2nc(Cc3cc(F)cc(F)c3)sc2C(N)C1. The molecule has 1 aliphatic carbocycles. The van der Waals surface area contributed by atoms with Crippen molar-refractivity contribution >= 4 is 11.3 Å². The second-order valence-corrected chi connectivity index (χ2v) is 7.64. The molecule has 0 saturated heterocycles. The fourth-order valence-corrected chi connectivity index (χ4v) is 4.13. The number of nitrogens with two attached hydrogens (primary N) is 1. The minimum absolute atomic E-state index is 0.0132. The summed E-state index contributed by atoms with van der Waals surface area (Å²) in [6.07, 6.45) is 2.29. The molecule has 0 bridgehead atoms. The average Bonchev–Trinajstić information content (AvgIpc) is 2.68. The summed E-state index contributed by atoms with van der Waals surface area (Å²) in [5.74, 6) is -1.10. The smallest absolute Gasteiger partial charge is 0.126 e. The summed E-state index contributed by atoms with van der Waals surface area (Å²) in [5, 5.41) is 0.873. The molecule has 0 saturated carbocycles. The van der Waals surface area contributed by atoms with E-state index in [0.29, 0.717) is 12.0 Å². The zero-order chi connectivity index (χ0) is 15.2. The topological polar surface area (TPSA) is 38.9 Å². The molecule has 1 heterocycles. The molecule has 3 rings (SSSR count). The van der Waals surface area contributed by atoms with Gasteiger partial charge in [-0.1, -0.05) is 13.8 Å². The number of nitrogens with zero attached hydrogens (tertiary/aromatic N) is 1. The van der Waals surface area contributed by atoms with Crippen LogP contribution in [-0.4, -0.2) is 4.98 Å². The van der Waals surface area contributed by atoms with Crippen LogP contribution in [-0.2, 0) is 12.8 Å². The van der Waals surface area contributed by atoms with Gasteiger partial charge in [-0.2, -0.15) is 0 Å². The monoisotopic (exact) mass is 308 g/mol. The van der Waals surface area contributed by atoms with Gasteiger partial charge < -0.3 is 5.73 Å². The summed E-state index contributed by atoms with van der Waals surface area (Å²) < 4.78 is 26.5. The van der Waals surface area contributed by atoms with E-state index in [1.54, 1.807) is 11.3 Å². The highest BCUT2D eigenvalue weighted by molar-refractivity contribution is 7.11. The van der Waals surface area contributed by atoms with Crippen LogP contribution in [0.4, 0.5) is 8.78 Å². The highest BCUT2D eigenvalue weighted by Gasteiger charge is 2.33. The van der Waals surface area contributed by atoms with Gasteiger partial charge >= 0.3 is 0 Å². The Balaban J connectivity index is 1.88. The van der Waals surface area contributed by atoms with Gasteiger partial charge in [-0.3, -0.25) is 0 Å². The molecule has 0 amide bonds. The van der Waals surface area contributed by atoms with Crippen molar-refractivity contribution in [2.75, 3.05) is 0 Å². The lowest BCUT2D eigenvalue weighted by molar-refractivity contribution is 0.282. The number of hydrogen-bond acceptors (Lipinski definition) is 3. The quantitative estimate of drug-likeness (QED) is 0.911. The Bertz CT molecular complexity index is 659. The van der Waals surface area contributed by atoms with Crippen LogP contribution in [0.25, 0.3) is 0 Å². The Morgan fingerprint density at radius 2 is 1.95 bits per heavy atom. The fourth-order valence-electron chi connectivity index (χ4n) is 3.01. The number of fused-ring (bicyclic) bond motifs is 1. The van der Waals surface area contributed by atoms with Crippen LogP contribution in [0, 0.1) is 17.0 Å². The summed E-state index contributed by atoms with van der Waals surface area (Å²) in [5.41, 5.74) is 8.04. The first-order chi connectivity index (χ1) is 9.82. The standard InChI is InChI=1S/C16H18F2N2S/c1-16(2)7-12(19)15-13(8-16)20-14(21-15)5-9-3-10(17)6-11(18)4-9/h3-4,6,12H,5,7-8,19H2,1-2H3. The maximum atomic E-state index is 13.2. The molecule has 112 valence electrons. The normalized spacial score (nSPS) is 20.3. The lowest BCUT2D eigenvalue weighted by Crippen LogP contribution is -2.28. The predicted molar refractivity (Wildman–Crippen MR) is 80.3 cm³/mol. The first kappa shape index (κ1) is 14.6. The average molecular weight is 308 g/mol. The second kappa shape index (κ2) is 5.14. The van der Waals surface area contributed by atoms with Crippen molar-refractivity contribution in [3.05, 3.63) is 51.0 Å².